The van der Waals surface area contributed by atoms with Crippen molar-refractivity contribution in [2.24, 2.45) is 10.4 Å². The molecule has 24 heavy (non-hydrogen) atoms. The second-order valence-electron chi connectivity index (χ2n) is 6.30. The molecule has 1 aromatic carbocycles. The van der Waals surface area contributed by atoms with Crippen LogP contribution >= 0.6 is 24.0 Å². The molecule has 136 valence electrons. The maximum absolute atomic E-state index is 9.97. The molecule has 0 heterocycles. The van der Waals surface area contributed by atoms with Gasteiger partial charge in [-0.1, -0.05) is 19.4 Å². The molecule has 1 aliphatic carbocycles. The van der Waals surface area contributed by atoms with Gasteiger partial charge in [0, 0.05) is 26.2 Å². The Kier molecular flexibility index (Phi) is 8.66. The summed E-state index contributed by atoms with van der Waals surface area (Å²) in [5, 5.41) is 16.7. The molecule has 0 aliphatic heterocycles. The van der Waals surface area contributed by atoms with Gasteiger partial charge in [-0.15, -0.1) is 24.0 Å². The molecule has 2 rings (SSSR count). The van der Waals surface area contributed by atoms with Crippen molar-refractivity contribution in [2.45, 2.75) is 39.0 Å². The summed E-state index contributed by atoms with van der Waals surface area (Å²) in [6, 6.07) is 5.40. The number of guanidine groups is 1. The lowest BCUT2D eigenvalue weighted by Gasteiger charge is -2.41. The Bertz CT molecular complexity index is 540. The number of methoxy groups -OCH3 is 1. The van der Waals surface area contributed by atoms with Crippen LogP contribution in [0.25, 0.3) is 0 Å². The van der Waals surface area contributed by atoms with Crippen molar-refractivity contribution >= 4 is 29.9 Å². The van der Waals surface area contributed by atoms with E-state index in [0.717, 1.165) is 31.0 Å². The maximum Gasteiger partial charge on any atom is 0.191 e. The van der Waals surface area contributed by atoms with E-state index in [-0.39, 0.29) is 29.7 Å². The smallest absolute Gasteiger partial charge is 0.191 e. The Hall–Kier alpha value is -1.18. The van der Waals surface area contributed by atoms with E-state index in [1.54, 1.807) is 20.2 Å². The number of nitrogens with one attached hydrogen (secondary N) is 2. The van der Waals surface area contributed by atoms with Crippen molar-refractivity contribution < 1.29 is 9.84 Å². The van der Waals surface area contributed by atoms with Crippen LogP contribution in [0.5, 0.6) is 11.5 Å². The van der Waals surface area contributed by atoms with E-state index < -0.39 is 0 Å². The van der Waals surface area contributed by atoms with E-state index in [1.165, 1.54) is 25.7 Å². The molecule has 0 radical (unpaired) electrons. The van der Waals surface area contributed by atoms with Crippen LogP contribution in [0.3, 0.4) is 0 Å². The fraction of sp³-hybridized carbons (Fsp3) is 0.611. The maximum atomic E-state index is 9.97. The number of hydrogen-bond donors (Lipinski definition) is 3. The first-order valence-corrected chi connectivity index (χ1v) is 8.43. The molecule has 3 N–H and O–H groups in total. The lowest BCUT2D eigenvalue weighted by molar-refractivity contribution is 0.131. The summed E-state index contributed by atoms with van der Waals surface area (Å²) >= 11 is 0. The van der Waals surface area contributed by atoms with Crippen molar-refractivity contribution in [3.8, 4) is 11.5 Å². The Morgan fingerprint density at radius 2 is 2.08 bits per heavy atom. The third-order valence-electron chi connectivity index (χ3n) is 5.00. The molecular weight excluding hydrogens is 417 g/mol. The summed E-state index contributed by atoms with van der Waals surface area (Å²) in [5.74, 6) is 1.77. The minimum Gasteiger partial charge on any atom is -0.508 e. The molecule has 1 aromatic rings. The SMILES string of the molecule is CCC1(CNC(=NC)NCCc2ccc(OC)cc2O)CCC1.I. The van der Waals surface area contributed by atoms with Gasteiger partial charge in [-0.3, -0.25) is 4.99 Å². The molecule has 0 atom stereocenters. The van der Waals surface area contributed by atoms with Gasteiger partial charge in [-0.25, -0.2) is 0 Å². The predicted octanol–water partition coefficient (Wildman–Crippen LogP) is 3.31. The van der Waals surface area contributed by atoms with Crippen LogP contribution in [0.15, 0.2) is 23.2 Å². The van der Waals surface area contributed by atoms with E-state index >= 15 is 0 Å². The first-order chi connectivity index (χ1) is 11.1. The summed E-state index contributed by atoms with van der Waals surface area (Å²) in [5.41, 5.74) is 1.36. The minimum absolute atomic E-state index is 0. The number of halogens is 1. The largest absolute Gasteiger partial charge is 0.508 e. The average molecular weight is 447 g/mol. The van der Waals surface area contributed by atoms with E-state index in [4.69, 9.17) is 4.74 Å². The van der Waals surface area contributed by atoms with Crippen LogP contribution in [0.4, 0.5) is 0 Å². The van der Waals surface area contributed by atoms with Crippen LogP contribution in [0.1, 0.15) is 38.2 Å². The molecule has 0 spiro atoms. The molecule has 1 fully saturated rings. The number of rotatable bonds is 7. The highest BCUT2D eigenvalue weighted by Crippen LogP contribution is 2.42. The highest BCUT2D eigenvalue weighted by molar-refractivity contribution is 14.0. The molecule has 0 unspecified atom stereocenters. The first kappa shape index (κ1) is 20.9. The highest BCUT2D eigenvalue weighted by atomic mass is 127. The van der Waals surface area contributed by atoms with E-state index in [2.05, 4.69) is 22.5 Å². The van der Waals surface area contributed by atoms with Crippen LogP contribution in [0, 0.1) is 5.41 Å². The molecular formula is C18H30IN3O2. The summed E-state index contributed by atoms with van der Waals surface area (Å²) in [6.07, 6.45) is 5.92. The molecule has 1 saturated carbocycles. The van der Waals surface area contributed by atoms with Gasteiger partial charge in [0.05, 0.1) is 7.11 Å². The zero-order valence-corrected chi connectivity index (χ0v) is 17.2. The number of ether oxygens (including phenoxy) is 1. The van der Waals surface area contributed by atoms with Gasteiger partial charge in [0.25, 0.3) is 0 Å². The number of phenols is 1. The molecule has 1 aliphatic rings. The zero-order valence-electron chi connectivity index (χ0n) is 14.9. The number of aromatic hydroxyl groups is 1. The first-order valence-electron chi connectivity index (χ1n) is 8.43. The lowest BCUT2D eigenvalue weighted by atomic mass is 9.67. The topological polar surface area (TPSA) is 65.9 Å². The van der Waals surface area contributed by atoms with Gasteiger partial charge in [0.15, 0.2) is 5.96 Å². The van der Waals surface area contributed by atoms with Gasteiger partial charge < -0.3 is 20.5 Å². The predicted molar refractivity (Wildman–Crippen MR) is 110 cm³/mol. The fourth-order valence-electron chi connectivity index (χ4n) is 3.02. The lowest BCUT2D eigenvalue weighted by Crippen LogP contribution is -2.46. The number of benzene rings is 1. The molecule has 0 aromatic heterocycles. The third kappa shape index (κ3) is 5.43. The zero-order chi connectivity index (χ0) is 16.7. The van der Waals surface area contributed by atoms with Crippen LogP contribution in [-0.2, 0) is 6.42 Å². The van der Waals surface area contributed by atoms with E-state index in [1.807, 2.05) is 12.1 Å². The van der Waals surface area contributed by atoms with Gasteiger partial charge >= 0.3 is 0 Å². The Labute approximate surface area is 162 Å². The molecule has 0 amide bonds. The average Bonchev–Trinajstić information content (AvgIpc) is 2.53. The summed E-state index contributed by atoms with van der Waals surface area (Å²) < 4.78 is 5.10. The summed E-state index contributed by atoms with van der Waals surface area (Å²) in [4.78, 5) is 4.28. The van der Waals surface area contributed by atoms with E-state index in [9.17, 15) is 5.11 Å². The van der Waals surface area contributed by atoms with Crippen molar-refractivity contribution in [3.63, 3.8) is 0 Å². The minimum atomic E-state index is 0. The van der Waals surface area contributed by atoms with Gasteiger partial charge in [-0.2, -0.15) is 0 Å². The van der Waals surface area contributed by atoms with Crippen molar-refractivity contribution in [1.82, 2.24) is 10.6 Å². The van der Waals surface area contributed by atoms with Gasteiger partial charge in [0.1, 0.15) is 11.5 Å². The Morgan fingerprint density at radius 3 is 2.58 bits per heavy atom. The normalized spacial score (nSPS) is 15.9. The monoisotopic (exact) mass is 447 g/mol. The van der Waals surface area contributed by atoms with Crippen LogP contribution < -0.4 is 15.4 Å². The second kappa shape index (κ2) is 9.96. The van der Waals surface area contributed by atoms with Crippen molar-refractivity contribution in [1.29, 1.82) is 0 Å². The third-order valence-corrected chi connectivity index (χ3v) is 5.00. The second-order valence-corrected chi connectivity index (χ2v) is 6.30. The molecule has 6 heteroatoms. The van der Waals surface area contributed by atoms with E-state index in [0.29, 0.717) is 11.2 Å². The number of phenolic OH excluding ortho intramolecular Hbond substituents is 1. The Morgan fingerprint density at radius 1 is 1.33 bits per heavy atom. The van der Waals surface area contributed by atoms with Gasteiger partial charge in [0.2, 0.25) is 0 Å². The number of nitrogens with zero attached hydrogens (tertiary/aromatic N) is 1. The standard InChI is InChI=1S/C18H29N3O2.HI/c1-4-18(9-5-10-18)13-21-17(19-2)20-11-8-14-6-7-15(23-3)12-16(14)22;/h6-7,12,22H,4-5,8-11,13H2,1-3H3,(H2,19,20,21);1H. The fourth-order valence-corrected chi connectivity index (χ4v) is 3.02. The summed E-state index contributed by atoms with van der Waals surface area (Å²) in [7, 11) is 3.39. The van der Waals surface area contributed by atoms with Crippen molar-refractivity contribution in [2.75, 3.05) is 27.2 Å². The quantitative estimate of drug-likeness (QED) is 0.341. The molecule has 5 nitrogen and oxygen atoms in total. The van der Waals surface area contributed by atoms with Crippen molar-refractivity contribution in [3.05, 3.63) is 23.8 Å². The van der Waals surface area contributed by atoms with Gasteiger partial charge in [-0.05, 0) is 42.7 Å². The molecule has 0 saturated heterocycles. The number of hydrogen-bond acceptors (Lipinski definition) is 3. The van der Waals surface area contributed by atoms with Crippen LogP contribution in [-0.4, -0.2) is 38.3 Å². The summed E-state index contributed by atoms with van der Waals surface area (Å²) in [6.45, 7) is 3.97. The highest BCUT2D eigenvalue weighted by Gasteiger charge is 2.34. The van der Waals surface area contributed by atoms with Crippen LogP contribution in [0.2, 0.25) is 0 Å². The molecule has 0 bridgehead atoms. The Balaban J connectivity index is 0.00000288. The number of aliphatic imine (C=N–C) groups is 1.